The Balaban J connectivity index is 1.36. The number of carbonyl (C=O) groups excluding carboxylic acids is 1. The quantitative estimate of drug-likeness (QED) is 0.872. The van der Waals surface area contributed by atoms with Gasteiger partial charge in [-0.15, -0.1) is 11.3 Å². The van der Waals surface area contributed by atoms with Crippen molar-refractivity contribution in [2.45, 2.75) is 6.54 Å². The van der Waals surface area contributed by atoms with Gasteiger partial charge in [-0.2, -0.15) is 11.3 Å². The molecule has 0 N–H and O–H groups in total. The second-order valence-corrected chi connectivity index (χ2v) is 7.43. The topological polar surface area (TPSA) is 36.4 Å². The number of rotatable bonds is 3. The van der Waals surface area contributed by atoms with Crippen molar-refractivity contribution in [1.82, 2.24) is 14.8 Å². The lowest BCUT2D eigenvalue weighted by Gasteiger charge is -2.20. The van der Waals surface area contributed by atoms with Crippen molar-refractivity contribution >= 4 is 28.6 Å². The molecule has 2 aliphatic rings. The fraction of sp³-hybridized carbons (Fsp3) is 0.467. The first-order valence-electron chi connectivity index (χ1n) is 7.20. The molecule has 110 valence electrons. The summed E-state index contributed by atoms with van der Waals surface area (Å²) in [7, 11) is 0. The first-order valence-corrected chi connectivity index (χ1v) is 9.09. The number of amides is 1. The monoisotopic (exact) mass is 319 g/mol. The van der Waals surface area contributed by atoms with E-state index >= 15 is 0 Å². The van der Waals surface area contributed by atoms with Crippen molar-refractivity contribution in [2.75, 3.05) is 26.2 Å². The van der Waals surface area contributed by atoms with Crippen LogP contribution in [-0.2, 0) is 6.54 Å². The highest BCUT2D eigenvalue weighted by Crippen LogP contribution is 2.32. The highest BCUT2D eigenvalue weighted by atomic mass is 32.1. The maximum Gasteiger partial charge on any atom is 0.273 e. The maximum atomic E-state index is 12.3. The number of aromatic nitrogens is 1. The van der Waals surface area contributed by atoms with E-state index in [1.54, 1.807) is 16.8 Å². The highest BCUT2D eigenvalue weighted by molar-refractivity contribution is 7.08. The van der Waals surface area contributed by atoms with Gasteiger partial charge in [-0.05, 0) is 34.2 Å². The molecule has 2 fully saturated rings. The van der Waals surface area contributed by atoms with Gasteiger partial charge in [0.15, 0.2) is 0 Å². The molecule has 21 heavy (non-hydrogen) atoms. The Kier molecular flexibility index (Phi) is 3.52. The Bertz CT molecular complexity index is 597. The molecule has 4 rings (SSSR count). The van der Waals surface area contributed by atoms with Crippen LogP contribution in [0.25, 0.3) is 0 Å². The first kappa shape index (κ1) is 13.4. The molecule has 1 amide bonds. The Morgan fingerprint density at radius 1 is 1.19 bits per heavy atom. The predicted octanol–water partition coefficient (Wildman–Crippen LogP) is 2.41. The number of likely N-dealkylation sites (tertiary alicyclic amines) is 2. The molecular formula is C15H17N3OS2. The minimum absolute atomic E-state index is 0.107. The third-order valence-corrected chi connectivity index (χ3v) is 5.81. The molecule has 0 bridgehead atoms. The molecule has 2 aliphatic heterocycles. The van der Waals surface area contributed by atoms with Gasteiger partial charge in [0.25, 0.3) is 5.91 Å². The van der Waals surface area contributed by atoms with Gasteiger partial charge in [0.05, 0.1) is 5.51 Å². The third kappa shape index (κ3) is 2.63. The summed E-state index contributed by atoms with van der Waals surface area (Å²) in [5.74, 6) is 1.37. The van der Waals surface area contributed by atoms with Crippen LogP contribution in [-0.4, -0.2) is 46.9 Å². The van der Waals surface area contributed by atoms with E-state index in [4.69, 9.17) is 0 Å². The van der Waals surface area contributed by atoms with Gasteiger partial charge in [0.2, 0.25) is 0 Å². The summed E-state index contributed by atoms with van der Waals surface area (Å²) in [6.07, 6.45) is 0. The highest BCUT2D eigenvalue weighted by Gasteiger charge is 2.41. The van der Waals surface area contributed by atoms with Crippen LogP contribution in [0.4, 0.5) is 0 Å². The largest absolute Gasteiger partial charge is 0.337 e. The Labute approximate surface area is 132 Å². The maximum absolute atomic E-state index is 12.3. The number of thiophene rings is 1. The fourth-order valence-corrected chi connectivity index (χ4v) is 4.69. The summed E-state index contributed by atoms with van der Waals surface area (Å²) in [6.45, 7) is 5.06. The van der Waals surface area contributed by atoms with Crippen LogP contribution in [0.3, 0.4) is 0 Å². The van der Waals surface area contributed by atoms with Gasteiger partial charge in [-0.3, -0.25) is 9.69 Å². The summed E-state index contributed by atoms with van der Waals surface area (Å²) in [6, 6.07) is 2.21. The van der Waals surface area contributed by atoms with E-state index in [1.165, 1.54) is 16.9 Å². The predicted molar refractivity (Wildman–Crippen MR) is 84.6 cm³/mol. The van der Waals surface area contributed by atoms with Crippen molar-refractivity contribution in [2.24, 2.45) is 11.8 Å². The van der Waals surface area contributed by atoms with Gasteiger partial charge in [0, 0.05) is 38.1 Å². The number of nitrogens with zero attached hydrogens (tertiary/aromatic N) is 3. The zero-order valence-corrected chi connectivity index (χ0v) is 13.3. The lowest BCUT2D eigenvalue weighted by Crippen LogP contribution is -2.33. The lowest BCUT2D eigenvalue weighted by molar-refractivity contribution is 0.0768. The van der Waals surface area contributed by atoms with Crippen LogP contribution in [0.5, 0.6) is 0 Å². The standard InChI is InChI=1S/C15H17N3OS2/c19-15(14-9-21-10-16-14)18-6-12-4-17(5-13(12)7-18)3-11-1-2-20-8-11/h1-2,8-10,12-13H,3-7H2/t12-,13-/m1/s1. The van der Waals surface area contributed by atoms with Crippen LogP contribution in [0.2, 0.25) is 0 Å². The smallest absolute Gasteiger partial charge is 0.273 e. The van der Waals surface area contributed by atoms with E-state index in [9.17, 15) is 4.79 Å². The SMILES string of the molecule is O=C(c1cscn1)N1C[C@H]2CN(Cc3ccsc3)C[C@@H]2C1. The second kappa shape index (κ2) is 5.51. The van der Waals surface area contributed by atoms with Crippen LogP contribution in [0.15, 0.2) is 27.7 Å². The normalized spacial score (nSPS) is 25.4. The molecule has 4 nitrogen and oxygen atoms in total. The molecule has 0 aromatic carbocycles. The minimum atomic E-state index is 0.107. The Morgan fingerprint density at radius 3 is 2.62 bits per heavy atom. The molecule has 0 radical (unpaired) electrons. The van der Waals surface area contributed by atoms with Crippen LogP contribution < -0.4 is 0 Å². The molecule has 2 saturated heterocycles. The van der Waals surface area contributed by atoms with Gasteiger partial charge < -0.3 is 4.90 Å². The van der Waals surface area contributed by atoms with E-state index in [1.807, 2.05) is 10.3 Å². The van der Waals surface area contributed by atoms with Crippen LogP contribution >= 0.6 is 22.7 Å². The van der Waals surface area contributed by atoms with E-state index in [0.29, 0.717) is 17.5 Å². The van der Waals surface area contributed by atoms with Crippen molar-refractivity contribution < 1.29 is 4.79 Å². The second-order valence-electron chi connectivity index (χ2n) is 5.93. The van der Waals surface area contributed by atoms with E-state index < -0.39 is 0 Å². The van der Waals surface area contributed by atoms with Crippen molar-refractivity contribution in [3.05, 3.63) is 39.0 Å². The average molecular weight is 319 g/mol. The summed E-state index contributed by atoms with van der Waals surface area (Å²) in [5.41, 5.74) is 3.75. The summed E-state index contributed by atoms with van der Waals surface area (Å²) in [5, 5.41) is 6.21. The average Bonchev–Trinajstić information content (AvgIpc) is 3.23. The molecule has 0 unspecified atom stereocenters. The Hall–Kier alpha value is -1.24. The summed E-state index contributed by atoms with van der Waals surface area (Å²) >= 11 is 3.25. The van der Waals surface area contributed by atoms with E-state index in [-0.39, 0.29) is 5.91 Å². The summed E-state index contributed by atoms with van der Waals surface area (Å²) < 4.78 is 0. The number of carbonyl (C=O) groups is 1. The lowest BCUT2D eigenvalue weighted by atomic mass is 10.0. The Morgan fingerprint density at radius 2 is 2.00 bits per heavy atom. The number of hydrogen-bond donors (Lipinski definition) is 0. The molecule has 0 spiro atoms. The van der Waals surface area contributed by atoms with Gasteiger partial charge in [-0.25, -0.2) is 4.98 Å². The number of thiazole rings is 1. The number of fused-ring (bicyclic) bond motifs is 1. The molecule has 0 saturated carbocycles. The van der Waals surface area contributed by atoms with Crippen molar-refractivity contribution in [3.63, 3.8) is 0 Å². The van der Waals surface area contributed by atoms with Crippen molar-refractivity contribution in [3.8, 4) is 0 Å². The summed E-state index contributed by atoms with van der Waals surface area (Å²) in [4.78, 5) is 21.0. The molecular weight excluding hydrogens is 302 g/mol. The number of hydrogen-bond acceptors (Lipinski definition) is 5. The van der Waals surface area contributed by atoms with Crippen LogP contribution in [0.1, 0.15) is 16.1 Å². The van der Waals surface area contributed by atoms with Crippen LogP contribution in [0, 0.1) is 11.8 Å². The molecule has 2 aromatic heterocycles. The third-order valence-electron chi connectivity index (χ3n) is 4.49. The van der Waals surface area contributed by atoms with Gasteiger partial charge in [-0.1, -0.05) is 0 Å². The fourth-order valence-electron chi connectivity index (χ4n) is 3.51. The van der Waals surface area contributed by atoms with Crippen molar-refractivity contribution in [1.29, 1.82) is 0 Å². The molecule has 0 aliphatic carbocycles. The van der Waals surface area contributed by atoms with Gasteiger partial charge >= 0.3 is 0 Å². The molecule has 2 aromatic rings. The first-order chi connectivity index (χ1) is 10.3. The molecule has 4 heterocycles. The molecule has 2 atom stereocenters. The van der Waals surface area contributed by atoms with E-state index in [0.717, 1.165) is 32.7 Å². The zero-order valence-electron chi connectivity index (χ0n) is 11.6. The van der Waals surface area contributed by atoms with Gasteiger partial charge in [0.1, 0.15) is 5.69 Å². The van der Waals surface area contributed by atoms with E-state index in [2.05, 4.69) is 26.7 Å². The molecule has 6 heteroatoms. The minimum Gasteiger partial charge on any atom is -0.337 e. The zero-order chi connectivity index (χ0) is 14.2.